The number of nitrogens with one attached hydrogen (secondary N) is 1. The van der Waals surface area contributed by atoms with E-state index < -0.39 is 0 Å². The summed E-state index contributed by atoms with van der Waals surface area (Å²) in [6, 6.07) is 13.2. The molecule has 2 aliphatic rings. The molecule has 2 aliphatic heterocycles. The van der Waals surface area contributed by atoms with E-state index in [0.29, 0.717) is 5.92 Å². The lowest BCUT2D eigenvalue weighted by Gasteiger charge is -2.36. The van der Waals surface area contributed by atoms with E-state index in [0.717, 1.165) is 23.2 Å². The average molecular weight is 374 g/mol. The van der Waals surface area contributed by atoms with Gasteiger partial charge in [-0.2, -0.15) is 0 Å². The van der Waals surface area contributed by atoms with Gasteiger partial charge in [0.25, 0.3) is 0 Å². The van der Waals surface area contributed by atoms with Crippen molar-refractivity contribution in [1.82, 2.24) is 0 Å². The zero-order valence-electron chi connectivity index (χ0n) is 13.3. The van der Waals surface area contributed by atoms with Gasteiger partial charge in [-0.25, -0.2) is 0 Å². The van der Waals surface area contributed by atoms with Gasteiger partial charge in [0.1, 0.15) is 5.75 Å². The topological polar surface area (TPSA) is 30.5 Å². The van der Waals surface area contributed by atoms with E-state index in [1.54, 1.807) is 7.11 Å². The highest BCUT2D eigenvalue weighted by molar-refractivity contribution is 9.10. The number of hydrogen-bond donors (Lipinski definition) is 1. The van der Waals surface area contributed by atoms with Crippen molar-refractivity contribution in [2.75, 3.05) is 19.0 Å². The Morgan fingerprint density at radius 2 is 2.09 bits per heavy atom. The van der Waals surface area contributed by atoms with Crippen molar-refractivity contribution in [3.05, 3.63) is 57.6 Å². The molecule has 3 nitrogen and oxygen atoms in total. The molecule has 0 radical (unpaired) electrons. The highest BCUT2D eigenvalue weighted by atomic mass is 79.9. The highest BCUT2D eigenvalue weighted by Crippen LogP contribution is 2.50. The second-order valence-corrected chi connectivity index (χ2v) is 7.20. The third-order valence-corrected chi connectivity index (χ3v) is 5.54. The van der Waals surface area contributed by atoms with Gasteiger partial charge < -0.3 is 14.8 Å². The molecule has 0 saturated carbocycles. The minimum Gasteiger partial charge on any atom is -0.496 e. The summed E-state index contributed by atoms with van der Waals surface area (Å²) < 4.78 is 12.4. The molecule has 0 aromatic heterocycles. The number of halogens is 1. The Morgan fingerprint density at radius 1 is 1.22 bits per heavy atom. The monoisotopic (exact) mass is 373 g/mol. The maximum atomic E-state index is 6.09. The fourth-order valence-electron chi connectivity index (χ4n) is 3.80. The van der Waals surface area contributed by atoms with Crippen molar-refractivity contribution in [2.24, 2.45) is 5.92 Å². The fourth-order valence-corrected chi connectivity index (χ4v) is 4.36. The summed E-state index contributed by atoms with van der Waals surface area (Å²) >= 11 is 3.60. The molecule has 4 heteroatoms. The number of ether oxygens (including phenoxy) is 2. The number of hydrogen-bond acceptors (Lipinski definition) is 3. The lowest BCUT2D eigenvalue weighted by molar-refractivity contribution is 0.0829. The lowest BCUT2D eigenvalue weighted by atomic mass is 9.80. The Labute approximate surface area is 145 Å². The molecule has 3 atom stereocenters. The van der Waals surface area contributed by atoms with Crippen molar-refractivity contribution < 1.29 is 9.47 Å². The quantitative estimate of drug-likeness (QED) is 0.802. The fraction of sp³-hybridized carbons (Fsp3) is 0.368. The van der Waals surface area contributed by atoms with Gasteiger partial charge in [0.15, 0.2) is 0 Å². The van der Waals surface area contributed by atoms with Crippen molar-refractivity contribution in [3.63, 3.8) is 0 Å². The number of benzene rings is 2. The second-order valence-electron chi connectivity index (χ2n) is 6.35. The smallest absolute Gasteiger partial charge is 0.133 e. The molecule has 0 amide bonds. The molecule has 1 N–H and O–H groups in total. The lowest BCUT2D eigenvalue weighted by Crippen LogP contribution is -2.29. The largest absolute Gasteiger partial charge is 0.496 e. The normalized spacial score (nSPS) is 25.4. The van der Waals surface area contributed by atoms with Crippen LogP contribution in [0.3, 0.4) is 0 Å². The summed E-state index contributed by atoms with van der Waals surface area (Å²) in [6.45, 7) is 2.97. The maximum absolute atomic E-state index is 6.09. The standard InChI is InChI=1S/C19H20BrNO2/c1-11-3-5-16-14(9-11)19-13(7-8-23-19)18(21-16)12-4-6-17(22-2)15(20)10-12/h3-6,9-10,13,18-19,21H,7-8H2,1-2H3. The Bertz CT molecular complexity index is 746. The van der Waals surface area contributed by atoms with Gasteiger partial charge in [-0.1, -0.05) is 23.8 Å². The van der Waals surface area contributed by atoms with Crippen molar-refractivity contribution in [3.8, 4) is 5.75 Å². The first-order valence-corrected chi connectivity index (χ1v) is 8.79. The zero-order valence-corrected chi connectivity index (χ0v) is 14.9. The van der Waals surface area contributed by atoms with Gasteiger partial charge in [-0.05, 0) is 53.0 Å². The number of anilines is 1. The van der Waals surface area contributed by atoms with Crippen molar-refractivity contribution in [2.45, 2.75) is 25.5 Å². The second kappa shape index (κ2) is 5.84. The molecule has 1 saturated heterocycles. The molecule has 2 aromatic rings. The molecule has 3 unspecified atom stereocenters. The average Bonchev–Trinajstić information content (AvgIpc) is 3.04. The van der Waals surface area contributed by atoms with E-state index in [-0.39, 0.29) is 12.1 Å². The van der Waals surface area contributed by atoms with Gasteiger partial charge in [-0.15, -0.1) is 0 Å². The molecule has 0 aliphatic carbocycles. The molecule has 0 bridgehead atoms. The van der Waals surface area contributed by atoms with Crippen molar-refractivity contribution in [1.29, 1.82) is 0 Å². The predicted octanol–water partition coefficient (Wildman–Crippen LogP) is 5.01. The van der Waals surface area contributed by atoms with Crippen LogP contribution in [-0.2, 0) is 4.74 Å². The SMILES string of the molecule is COc1ccc(C2Nc3ccc(C)cc3C3OCCC23)cc1Br. The first-order valence-electron chi connectivity index (χ1n) is 7.99. The Hall–Kier alpha value is -1.52. The molecule has 1 fully saturated rings. The van der Waals surface area contributed by atoms with E-state index in [9.17, 15) is 0 Å². The van der Waals surface area contributed by atoms with Crippen LogP contribution in [-0.4, -0.2) is 13.7 Å². The summed E-state index contributed by atoms with van der Waals surface area (Å²) in [5.74, 6) is 1.32. The Balaban J connectivity index is 1.75. The van der Waals surface area contributed by atoms with Crippen LogP contribution in [0.2, 0.25) is 0 Å². The van der Waals surface area contributed by atoms with Crippen LogP contribution < -0.4 is 10.1 Å². The van der Waals surface area contributed by atoms with E-state index >= 15 is 0 Å². The molecule has 2 aromatic carbocycles. The van der Waals surface area contributed by atoms with E-state index in [1.807, 2.05) is 6.07 Å². The van der Waals surface area contributed by atoms with Crippen LogP contribution in [0.15, 0.2) is 40.9 Å². The molecule has 4 rings (SSSR count). The predicted molar refractivity (Wildman–Crippen MR) is 95.0 cm³/mol. The van der Waals surface area contributed by atoms with Crippen LogP contribution in [0.1, 0.15) is 35.3 Å². The zero-order chi connectivity index (χ0) is 16.0. The van der Waals surface area contributed by atoms with Crippen LogP contribution in [0, 0.1) is 12.8 Å². The van der Waals surface area contributed by atoms with Gasteiger partial charge in [0.2, 0.25) is 0 Å². The van der Waals surface area contributed by atoms with E-state index in [4.69, 9.17) is 9.47 Å². The first kappa shape index (κ1) is 15.0. The number of rotatable bonds is 2. The Kier molecular flexibility index (Phi) is 3.82. The van der Waals surface area contributed by atoms with Crippen LogP contribution in [0.4, 0.5) is 5.69 Å². The van der Waals surface area contributed by atoms with Crippen LogP contribution >= 0.6 is 15.9 Å². The summed E-state index contributed by atoms with van der Waals surface area (Å²) in [5, 5.41) is 3.73. The van der Waals surface area contributed by atoms with E-state index in [2.05, 4.69) is 58.5 Å². The molecular formula is C19H20BrNO2. The third kappa shape index (κ3) is 2.54. The molecule has 2 heterocycles. The van der Waals surface area contributed by atoms with Crippen LogP contribution in [0.5, 0.6) is 5.75 Å². The highest BCUT2D eigenvalue weighted by Gasteiger charge is 2.41. The molecular weight excluding hydrogens is 354 g/mol. The van der Waals surface area contributed by atoms with Crippen molar-refractivity contribution >= 4 is 21.6 Å². The van der Waals surface area contributed by atoms with Crippen LogP contribution in [0.25, 0.3) is 0 Å². The van der Waals surface area contributed by atoms with Gasteiger partial charge >= 0.3 is 0 Å². The molecule has 0 spiro atoms. The third-order valence-electron chi connectivity index (χ3n) is 4.93. The number of aryl methyl sites for hydroxylation is 1. The minimum absolute atomic E-state index is 0.192. The Morgan fingerprint density at radius 3 is 2.87 bits per heavy atom. The molecule has 120 valence electrons. The van der Waals surface area contributed by atoms with Gasteiger partial charge in [0, 0.05) is 23.8 Å². The summed E-state index contributed by atoms with van der Waals surface area (Å²) in [5.41, 5.74) is 5.04. The molecule has 23 heavy (non-hydrogen) atoms. The number of fused-ring (bicyclic) bond motifs is 3. The maximum Gasteiger partial charge on any atom is 0.133 e. The summed E-state index contributed by atoms with van der Waals surface area (Å²) in [7, 11) is 1.69. The minimum atomic E-state index is 0.192. The van der Waals surface area contributed by atoms with E-state index in [1.165, 1.54) is 22.4 Å². The summed E-state index contributed by atoms with van der Waals surface area (Å²) in [4.78, 5) is 0. The van der Waals surface area contributed by atoms with Gasteiger partial charge in [0.05, 0.1) is 23.7 Å². The first-order chi connectivity index (χ1) is 11.2. The van der Waals surface area contributed by atoms with Gasteiger partial charge in [-0.3, -0.25) is 0 Å². The summed E-state index contributed by atoms with van der Waals surface area (Å²) in [6.07, 6.45) is 1.27. The number of methoxy groups -OCH3 is 1.